The van der Waals surface area contributed by atoms with E-state index in [0.717, 1.165) is 10.2 Å². The van der Waals surface area contributed by atoms with Gasteiger partial charge in [0.15, 0.2) is 5.65 Å². The summed E-state index contributed by atoms with van der Waals surface area (Å²) < 4.78 is 30.7. The van der Waals surface area contributed by atoms with E-state index in [-0.39, 0.29) is 45.6 Å². The first-order valence-corrected chi connectivity index (χ1v) is 13.2. The molecule has 0 spiro atoms. The van der Waals surface area contributed by atoms with Crippen molar-refractivity contribution in [1.29, 1.82) is 0 Å². The quantitative estimate of drug-likeness (QED) is 0.232. The second kappa shape index (κ2) is 9.30. The molecule has 3 heterocycles. The molecule has 0 bridgehead atoms. The minimum Gasteiger partial charge on any atom is -0.389 e. The van der Waals surface area contributed by atoms with E-state index in [9.17, 15) is 23.6 Å². The lowest BCUT2D eigenvalue weighted by Crippen LogP contribution is -2.26. The lowest BCUT2D eigenvalue weighted by Gasteiger charge is -2.16. The van der Waals surface area contributed by atoms with Gasteiger partial charge in [-0.1, -0.05) is 18.2 Å². The number of halogens is 1. The second-order valence-corrected chi connectivity index (χ2v) is 11.8. The van der Waals surface area contributed by atoms with Gasteiger partial charge in [0.2, 0.25) is 0 Å². The fourth-order valence-corrected chi connectivity index (χ4v) is 6.30. The zero-order valence-electron chi connectivity index (χ0n) is 20.0. The van der Waals surface area contributed by atoms with Gasteiger partial charge in [0.05, 0.1) is 43.7 Å². The predicted molar refractivity (Wildman–Crippen MR) is 139 cm³/mol. The fraction of sp³-hybridized carbons (Fsp3) is 0.304. The van der Waals surface area contributed by atoms with Crippen LogP contribution in [0.5, 0.6) is 0 Å². The molecule has 11 nitrogen and oxygen atoms in total. The van der Waals surface area contributed by atoms with Crippen molar-refractivity contribution < 1.29 is 18.4 Å². The summed E-state index contributed by atoms with van der Waals surface area (Å²) in [4.78, 5) is 15.5. The summed E-state index contributed by atoms with van der Waals surface area (Å²) in [5, 5.41) is 29.6. The third kappa shape index (κ3) is 4.73. The first kappa shape index (κ1) is 25.8. The highest BCUT2D eigenvalue weighted by Crippen LogP contribution is 2.45. The molecule has 0 aliphatic heterocycles. The SMILES string of the molecule is CC(C)Nc1c([N+](=O)[O-])cnc2c1c(Br)c(-c1cnn(CC(C)(C)O)c1)n2S(=O)(=O)c1ccccc1. The Labute approximate surface area is 216 Å². The maximum atomic E-state index is 13.9. The van der Waals surface area contributed by atoms with Crippen molar-refractivity contribution in [3.05, 3.63) is 63.5 Å². The standard InChI is InChI=1S/C23H25BrN6O5S/c1-14(2)27-20-17(30(32)33)11-25-22-18(20)19(24)21(15-10-26-28(12-15)13-23(3,4)31)29(22)36(34,35)16-8-6-5-7-9-16/h5-12,14,31H,13H2,1-4H3,(H,25,27). The van der Waals surface area contributed by atoms with E-state index in [1.807, 2.05) is 13.8 Å². The van der Waals surface area contributed by atoms with Gasteiger partial charge in [0, 0.05) is 17.8 Å². The normalized spacial score (nSPS) is 12.4. The Hall–Kier alpha value is -3.29. The van der Waals surface area contributed by atoms with E-state index in [2.05, 4.69) is 31.3 Å². The van der Waals surface area contributed by atoms with Gasteiger partial charge in [0.1, 0.15) is 11.9 Å². The Balaban J connectivity index is 2.11. The first-order valence-electron chi connectivity index (χ1n) is 11.0. The Morgan fingerprint density at radius 1 is 1.22 bits per heavy atom. The number of benzene rings is 1. The van der Waals surface area contributed by atoms with Gasteiger partial charge in [-0.25, -0.2) is 17.4 Å². The molecule has 13 heteroatoms. The summed E-state index contributed by atoms with van der Waals surface area (Å²) in [5.74, 6) is 0. The minimum atomic E-state index is -4.19. The highest BCUT2D eigenvalue weighted by molar-refractivity contribution is 9.10. The van der Waals surface area contributed by atoms with Crippen LogP contribution < -0.4 is 5.32 Å². The van der Waals surface area contributed by atoms with Gasteiger partial charge in [0.25, 0.3) is 10.0 Å². The van der Waals surface area contributed by atoms with Crippen molar-refractivity contribution >= 4 is 48.4 Å². The van der Waals surface area contributed by atoms with Crippen molar-refractivity contribution in [2.24, 2.45) is 0 Å². The van der Waals surface area contributed by atoms with E-state index in [1.54, 1.807) is 38.2 Å². The van der Waals surface area contributed by atoms with Gasteiger partial charge in [-0.3, -0.25) is 14.8 Å². The molecule has 0 amide bonds. The highest BCUT2D eigenvalue weighted by Gasteiger charge is 2.33. The van der Waals surface area contributed by atoms with Crippen LogP contribution in [-0.4, -0.2) is 48.8 Å². The smallest absolute Gasteiger partial charge is 0.311 e. The molecule has 0 atom stereocenters. The fourth-order valence-electron chi connectivity index (χ4n) is 3.88. The summed E-state index contributed by atoms with van der Waals surface area (Å²) in [5.41, 5.74) is -0.545. The van der Waals surface area contributed by atoms with Gasteiger partial charge in [-0.15, -0.1) is 0 Å². The van der Waals surface area contributed by atoms with Crippen molar-refractivity contribution in [2.45, 2.75) is 50.8 Å². The van der Waals surface area contributed by atoms with E-state index in [0.29, 0.717) is 10.0 Å². The number of anilines is 1. The molecule has 0 aliphatic rings. The average Bonchev–Trinajstić information content (AvgIpc) is 3.34. The molecule has 36 heavy (non-hydrogen) atoms. The number of hydrogen-bond donors (Lipinski definition) is 2. The monoisotopic (exact) mass is 576 g/mol. The van der Waals surface area contributed by atoms with Crippen molar-refractivity contribution in [2.75, 3.05) is 5.32 Å². The Morgan fingerprint density at radius 2 is 1.89 bits per heavy atom. The Morgan fingerprint density at radius 3 is 2.47 bits per heavy atom. The molecule has 190 valence electrons. The van der Waals surface area contributed by atoms with Crippen LogP contribution >= 0.6 is 15.9 Å². The molecule has 0 fully saturated rings. The molecule has 0 radical (unpaired) electrons. The van der Waals surface area contributed by atoms with Crippen LogP contribution in [0.2, 0.25) is 0 Å². The van der Waals surface area contributed by atoms with Gasteiger partial charge in [-0.05, 0) is 55.8 Å². The van der Waals surface area contributed by atoms with Crippen LogP contribution in [-0.2, 0) is 16.6 Å². The highest BCUT2D eigenvalue weighted by atomic mass is 79.9. The largest absolute Gasteiger partial charge is 0.389 e. The number of nitrogens with one attached hydrogen (secondary N) is 1. The van der Waals surface area contributed by atoms with Crippen molar-refractivity contribution in [1.82, 2.24) is 18.7 Å². The Bertz CT molecular complexity index is 1560. The van der Waals surface area contributed by atoms with Crippen LogP contribution in [0.25, 0.3) is 22.3 Å². The molecule has 0 saturated heterocycles. The minimum absolute atomic E-state index is 0.0183. The van der Waals surface area contributed by atoms with E-state index in [4.69, 9.17) is 0 Å². The molecule has 0 saturated carbocycles. The average molecular weight is 577 g/mol. The van der Waals surface area contributed by atoms with E-state index in [1.165, 1.54) is 23.0 Å². The number of pyridine rings is 1. The third-order valence-corrected chi connectivity index (χ3v) is 7.70. The number of hydrogen-bond acceptors (Lipinski definition) is 8. The molecule has 2 N–H and O–H groups in total. The topological polar surface area (TPSA) is 145 Å². The third-order valence-electron chi connectivity index (χ3n) is 5.23. The molecule has 4 aromatic rings. The second-order valence-electron chi connectivity index (χ2n) is 9.26. The molecule has 0 aliphatic carbocycles. The predicted octanol–water partition coefficient (Wildman–Crippen LogP) is 4.40. The summed E-state index contributed by atoms with van der Waals surface area (Å²) in [6.45, 7) is 7.08. The molecular formula is C23H25BrN6O5S. The summed E-state index contributed by atoms with van der Waals surface area (Å²) >= 11 is 3.52. The number of nitrogens with zero attached hydrogens (tertiary/aromatic N) is 5. The van der Waals surface area contributed by atoms with Gasteiger partial charge >= 0.3 is 5.69 Å². The number of nitro groups is 1. The Kier molecular flexibility index (Phi) is 6.66. The number of aliphatic hydroxyl groups is 1. The maximum Gasteiger partial charge on any atom is 0.311 e. The number of aromatic nitrogens is 4. The molecule has 4 rings (SSSR count). The molecular weight excluding hydrogens is 552 g/mol. The van der Waals surface area contributed by atoms with Crippen LogP contribution in [0.15, 0.2) is 58.3 Å². The van der Waals surface area contributed by atoms with E-state index >= 15 is 0 Å². The summed E-state index contributed by atoms with van der Waals surface area (Å²) in [6.07, 6.45) is 4.14. The van der Waals surface area contributed by atoms with Gasteiger partial charge in [-0.2, -0.15) is 5.10 Å². The van der Waals surface area contributed by atoms with Crippen molar-refractivity contribution in [3.63, 3.8) is 0 Å². The van der Waals surface area contributed by atoms with Crippen LogP contribution in [0.3, 0.4) is 0 Å². The molecule has 1 aromatic carbocycles. The van der Waals surface area contributed by atoms with Crippen LogP contribution in [0.4, 0.5) is 11.4 Å². The van der Waals surface area contributed by atoms with Crippen LogP contribution in [0.1, 0.15) is 27.7 Å². The zero-order chi connectivity index (χ0) is 26.4. The van der Waals surface area contributed by atoms with Crippen molar-refractivity contribution in [3.8, 4) is 11.3 Å². The number of rotatable bonds is 8. The summed E-state index contributed by atoms with van der Waals surface area (Å²) in [7, 11) is -4.19. The zero-order valence-corrected chi connectivity index (χ0v) is 22.4. The van der Waals surface area contributed by atoms with Gasteiger partial charge < -0.3 is 10.4 Å². The van der Waals surface area contributed by atoms with Crippen LogP contribution in [0, 0.1) is 10.1 Å². The molecule has 3 aromatic heterocycles. The van der Waals surface area contributed by atoms with E-state index < -0.39 is 20.5 Å². The maximum absolute atomic E-state index is 13.9. The molecule has 0 unspecified atom stereocenters. The lowest BCUT2D eigenvalue weighted by atomic mass is 10.1. The number of fused-ring (bicyclic) bond motifs is 1. The lowest BCUT2D eigenvalue weighted by molar-refractivity contribution is -0.384. The first-order chi connectivity index (χ1) is 16.8. The summed E-state index contributed by atoms with van der Waals surface area (Å²) in [6, 6.07) is 7.67.